The number of nitrogens with zero attached hydrogens (tertiary/aromatic N) is 5. The second-order valence-electron chi connectivity index (χ2n) is 8.38. The van der Waals surface area contributed by atoms with Gasteiger partial charge in [0.25, 0.3) is 0 Å². The Kier molecular flexibility index (Phi) is 6.06. The van der Waals surface area contributed by atoms with Crippen molar-refractivity contribution >= 4 is 12.0 Å². The molecule has 10 heteroatoms. The Labute approximate surface area is 180 Å². The number of hydrogen-bond acceptors (Lipinski definition) is 6. The Bertz CT molecular complexity index is 916. The molecule has 1 aliphatic heterocycles. The van der Waals surface area contributed by atoms with E-state index in [2.05, 4.69) is 15.4 Å². The van der Waals surface area contributed by atoms with Crippen LogP contribution in [-0.4, -0.2) is 62.9 Å². The van der Waals surface area contributed by atoms with E-state index in [1.54, 1.807) is 9.58 Å². The fourth-order valence-electron chi connectivity index (χ4n) is 4.24. The molecule has 1 aliphatic carbocycles. The average Bonchev–Trinajstić information content (AvgIpc) is 3.21. The average molecular weight is 434 g/mol. The highest BCUT2D eigenvalue weighted by Crippen LogP contribution is 2.34. The first-order valence-corrected chi connectivity index (χ1v) is 10.7. The lowest BCUT2D eigenvalue weighted by molar-refractivity contribution is -0.0361. The molecule has 2 aromatic heterocycles. The molecule has 1 saturated carbocycles. The van der Waals surface area contributed by atoms with Crippen LogP contribution in [0.3, 0.4) is 0 Å². The molecule has 168 valence electrons. The molecule has 0 bridgehead atoms. The molecule has 1 amide bonds. The fourth-order valence-corrected chi connectivity index (χ4v) is 4.24. The molecule has 0 spiro atoms. The predicted molar refractivity (Wildman–Crippen MR) is 111 cm³/mol. The van der Waals surface area contributed by atoms with Crippen molar-refractivity contribution < 1.29 is 18.3 Å². The van der Waals surface area contributed by atoms with E-state index in [0.717, 1.165) is 24.2 Å². The molecule has 2 fully saturated rings. The Hall–Kier alpha value is -2.78. The highest BCUT2D eigenvalue weighted by molar-refractivity contribution is 5.67. The van der Waals surface area contributed by atoms with Crippen molar-refractivity contribution in [3.05, 3.63) is 29.7 Å². The summed E-state index contributed by atoms with van der Waals surface area (Å²) in [5.41, 5.74) is 1.74. The summed E-state index contributed by atoms with van der Waals surface area (Å²) in [6.07, 6.45) is 3.57. The maximum atomic E-state index is 13.5. The highest BCUT2D eigenvalue weighted by atomic mass is 19.3. The molecule has 1 saturated heterocycles. The molecule has 3 heterocycles. The number of alkyl halides is 2. The van der Waals surface area contributed by atoms with Crippen molar-refractivity contribution in [2.75, 3.05) is 25.5 Å². The van der Waals surface area contributed by atoms with E-state index >= 15 is 0 Å². The molecule has 31 heavy (non-hydrogen) atoms. The molecule has 1 N–H and O–H groups in total. The van der Waals surface area contributed by atoms with Crippen LogP contribution in [0.25, 0.3) is 5.82 Å². The number of carbonyl (C=O) groups excluding carboxylic acids is 1. The van der Waals surface area contributed by atoms with Crippen LogP contribution in [-0.2, 0) is 4.74 Å². The molecule has 2 aliphatic rings. The van der Waals surface area contributed by atoms with Gasteiger partial charge in [-0.15, -0.1) is 0 Å². The number of anilines is 1. The number of amides is 1. The summed E-state index contributed by atoms with van der Waals surface area (Å²) in [6.45, 7) is 3.10. The van der Waals surface area contributed by atoms with Crippen molar-refractivity contribution in [1.82, 2.24) is 24.6 Å². The molecule has 0 radical (unpaired) electrons. The van der Waals surface area contributed by atoms with Crippen LogP contribution in [0.2, 0.25) is 0 Å². The first kappa shape index (κ1) is 21.5. The number of carbonyl (C=O) groups is 1. The lowest BCUT2D eigenvalue weighted by Crippen LogP contribution is -2.38. The second kappa shape index (κ2) is 8.76. The normalized spacial score (nSPS) is 19.9. The Morgan fingerprint density at radius 3 is 2.52 bits per heavy atom. The molecule has 8 nitrogen and oxygen atoms in total. The molecule has 0 unspecified atom stereocenters. The maximum absolute atomic E-state index is 13.5. The lowest BCUT2D eigenvalue weighted by Gasteiger charge is -2.31. The Morgan fingerprint density at radius 1 is 1.19 bits per heavy atom. The Morgan fingerprint density at radius 2 is 1.90 bits per heavy atom. The molecule has 2 aromatic rings. The summed E-state index contributed by atoms with van der Waals surface area (Å²) in [6, 6.07) is 3.74. The van der Waals surface area contributed by atoms with E-state index in [1.807, 2.05) is 25.3 Å². The second-order valence-corrected chi connectivity index (χ2v) is 8.38. The third kappa shape index (κ3) is 5.11. The van der Waals surface area contributed by atoms with Gasteiger partial charge < -0.3 is 15.0 Å². The number of methoxy groups -OCH3 is 1. The van der Waals surface area contributed by atoms with Gasteiger partial charge in [0.15, 0.2) is 5.82 Å². The van der Waals surface area contributed by atoms with E-state index in [0.29, 0.717) is 37.7 Å². The molecular formula is C21H28F2N6O2. The van der Waals surface area contributed by atoms with E-state index in [9.17, 15) is 13.6 Å². The maximum Gasteiger partial charge on any atom is 0.409 e. The van der Waals surface area contributed by atoms with Gasteiger partial charge in [-0.1, -0.05) is 0 Å². The largest absolute Gasteiger partial charge is 0.453 e. The van der Waals surface area contributed by atoms with Crippen LogP contribution in [0, 0.1) is 6.92 Å². The molecule has 4 rings (SSSR count). The molecule has 0 atom stereocenters. The summed E-state index contributed by atoms with van der Waals surface area (Å²) in [7, 11) is 1.39. The quantitative estimate of drug-likeness (QED) is 0.786. The van der Waals surface area contributed by atoms with Gasteiger partial charge in [0.1, 0.15) is 0 Å². The number of aryl methyl sites for hydroxylation is 1. The van der Waals surface area contributed by atoms with Crippen molar-refractivity contribution in [3.63, 3.8) is 0 Å². The number of nitrogens with one attached hydrogen (secondary N) is 1. The van der Waals surface area contributed by atoms with Gasteiger partial charge in [0, 0.05) is 50.2 Å². The van der Waals surface area contributed by atoms with E-state index in [-0.39, 0.29) is 30.9 Å². The third-order valence-electron chi connectivity index (χ3n) is 6.09. The van der Waals surface area contributed by atoms with Crippen molar-refractivity contribution in [2.24, 2.45) is 0 Å². The van der Waals surface area contributed by atoms with Crippen LogP contribution in [0.1, 0.15) is 55.8 Å². The van der Waals surface area contributed by atoms with Crippen LogP contribution in [0.5, 0.6) is 0 Å². The van der Waals surface area contributed by atoms with Crippen LogP contribution >= 0.6 is 0 Å². The number of halogens is 2. The number of rotatable bonds is 4. The van der Waals surface area contributed by atoms with Crippen LogP contribution in [0.15, 0.2) is 18.3 Å². The zero-order valence-corrected chi connectivity index (χ0v) is 17.9. The van der Waals surface area contributed by atoms with E-state index in [4.69, 9.17) is 9.72 Å². The number of hydrogen-bond donors (Lipinski definition) is 1. The van der Waals surface area contributed by atoms with Gasteiger partial charge >= 0.3 is 6.09 Å². The summed E-state index contributed by atoms with van der Waals surface area (Å²) >= 11 is 0. The van der Waals surface area contributed by atoms with Gasteiger partial charge in [-0.25, -0.2) is 23.2 Å². The summed E-state index contributed by atoms with van der Waals surface area (Å²) < 4.78 is 33.5. The van der Waals surface area contributed by atoms with Crippen molar-refractivity contribution in [1.29, 1.82) is 0 Å². The van der Waals surface area contributed by atoms with Gasteiger partial charge in [-0.3, -0.25) is 0 Å². The topological polar surface area (TPSA) is 85.2 Å². The lowest BCUT2D eigenvalue weighted by atomic mass is 9.92. The first-order chi connectivity index (χ1) is 14.8. The fraction of sp³-hybridized carbons (Fsp3) is 0.619. The van der Waals surface area contributed by atoms with Crippen LogP contribution < -0.4 is 5.32 Å². The summed E-state index contributed by atoms with van der Waals surface area (Å²) in [4.78, 5) is 22.8. The van der Waals surface area contributed by atoms with Crippen molar-refractivity contribution in [3.8, 4) is 5.82 Å². The minimum atomic E-state index is -2.58. The monoisotopic (exact) mass is 434 g/mol. The van der Waals surface area contributed by atoms with Gasteiger partial charge in [-0.05, 0) is 38.7 Å². The molecule has 0 aromatic carbocycles. The zero-order valence-electron chi connectivity index (χ0n) is 17.9. The SMILES string of the molecule is COC(=O)N1CCC(c2cc(-n3ccc(C)n3)nc(NC3CCC(F)(F)CC3)n2)CC1. The highest BCUT2D eigenvalue weighted by Gasteiger charge is 2.35. The number of likely N-dealkylation sites (tertiary alicyclic amines) is 1. The minimum absolute atomic E-state index is 0.0803. The van der Waals surface area contributed by atoms with E-state index < -0.39 is 5.92 Å². The van der Waals surface area contributed by atoms with Crippen LogP contribution in [0.4, 0.5) is 19.5 Å². The summed E-state index contributed by atoms with van der Waals surface area (Å²) in [5, 5.41) is 7.72. The number of piperidine rings is 1. The Balaban J connectivity index is 1.55. The standard InChI is InChI=1S/C21H28F2N6O2/c1-14-5-12-29(27-14)18-13-17(15-6-10-28(11-7-15)20(30)31-2)25-19(26-18)24-16-3-8-21(22,23)9-4-16/h5,12-13,15-16H,3-4,6-11H2,1-2H3,(H,24,25,26). The first-order valence-electron chi connectivity index (χ1n) is 10.7. The minimum Gasteiger partial charge on any atom is -0.453 e. The predicted octanol–water partition coefficient (Wildman–Crippen LogP) is 3.91. The molecular weight excluding hydrogens is 406 g/mol. The van der Waals surface area contributed by atoms with Gasteiger partial charge in [0.2, 0.25) is 11.9 Å². The third-order valence-corrected chi connectivity index (χ3v) is 6.09. The number of ether oxygens (including phenoxy) is 1. The van der Waals surface area contributed by atoms with E-state index in [1.165, 1.54) is 7.11 Å². The zero-order chi connectivity index (χ0) is 22.0. The van der Waals surface area contributed by atoms with Crippen molar-refractivity contribution in [2.45, 2.75) is 63.3 Å². The van der Waals surface area contributed by atoms with Gasteiger partial charge in [-0.2, -0.15) is 10.1 Å². The number of aromatic nitrogens is 4. The summed E-state index contributed by atoms with van der Waals surface area (Å²) in [5.74, 6) is -1.34. The smallest absolute Gasteiger partial charge is 0.409 e. The van der Waals surface area contributed by atoms with Gasteiger partial charge in [0.05, 0.1) is 18.5 Å².